The summed E-state index contributed by atoms with van der Waals surface area (Å²) < 4.78 is 12.9. The van der Waals surface area contributed by atoms with E-state index in [1.54, 1.807) is 0 Å². The Kier molecular flexibility index (Phi) is 7.73. The fourth-order valence-corrected chi connectivity index (χ4v) is 18.8. The van der Waals surface area contributed by atoms with E-state index in [-0.39, 0.29) is 11.9 Å². The molecule has 0 unspecified atom stereocenters. The van der Waals surface area contributed by atoms with Gasteiger partial charge in [-0.2, -0.15) is 0 Å². The number of hydrogen-bond donors (Lipinski definition) is 0. The molecule has 1 aliphatic heterocycles. The van der Waals surface area contributed by atoms with Crippen molar-refractivity contribution < 1.29 is 13.6 Å². The molecule has 1 saturated heterocycles. The molecule has 3 nitrogen and oxygen atoms in total. The van der Waals surface area contributed by atoms with E-state index in [1.165, 1.54) is 0 Å². The van der Waals surface area contributed by atoms with E-state index >= 15 is 0 Å². The molecule has 0 aromatic carbocycles. The maximum Gasteiger partial charge on any atom is 0.308 e. The quantitative estimate of drug-likeness (QED) is 0.294. The smallest absolute Gasteiger partial charge is 0.308 e. The first-order valence-electron chi connectivity index (χ1n) is 9.90. The highest BCUT2D eigenvalue weighted by molar-refractivity contribution is 6.91. The van der Waals surface area contributed by atoms with Crippen LogP contribution in [0.4, 0.5) is 0 Å². The van der Waals surface area contributed by atoms with Crippen molar-refractivity contribution in [2.24, 2.45) is 5.92 Å². The van der Waals surface area contributed by atoms with Crippen molar-refractivity contribution in [2.45, 2.75) is 96.6 Å². The van der Waals surface area contributed by atoms with E-state index in [1.807, 2.05) is 6.92 Å². The van der Waals surface area contributed by atoms with Gasteiger partial charge in [0.05, 0.1) is 5.92 Å². The molecule has 0 N–H and O–H groups in total. The summed E-state index contributed by atoms with van der Waals surface area (Å²) in [4.78, 5) is 12.9. The molecule has 0 amide bonds. The number of carbonyl (C=O) groups excluding carboxylic acids is 1. The molecule has 146 valence electrons. The lowest BCUT2D eigenvalue weighted by Gasteiger charge is -2.55. The molecular weight excluding hydrogens is 344 g/mol. The Hall–Kier alpha value is -0.396. The molecule has 1 fully saturated rings. The molecule has 5 heteroatoms. The van der Waals surface area contributed by atoms with Crippen molar-refractivity contribution >= 4 is 22.6 Å². The van der Waals surface area contributed by atoms with Gasteiger partial charge in [-0.05, 0) is 46.7 Å². The van der Waals surface area contributed by atoms with Crippen LogP contribution in [-0.2, 0) is 13.6 Å². The van der Waals surface area contributed by atoms with E-state index in [9.17, 15) is 4.79 Å². The number of rotatable bonds is 7. The maximum atomic E-state index is 12.9. The molecule has 0 aromatic heterocycles. The van der Waals surface area contributed by atoms with E-state index in [0.29, 0.717) is 28.8 Å². The lowest BCUT2D eigenvalue weighted by Crippen LogP contribution is -2.63. The molecule has 0 aromatic rings. The maximum absolute atomic E-state index is 12.9. The zero-order valence-corrected chi connectivity index (χ0v) is 19.9. The van der Waals surface area contributed by atoms with Crippen LogP contribution in [0.2, 0.25) is 34.3 Å². The van der Waals surface area contributed by atoms with Gasteiger partial charge in [-0.1, -0.05) is 62.0 Å². The van der Waals surface area contributed by atoms with Gasteiger partial charge in [-0.25, -0.2) is 0 Å². The van der Waals surface area contributed by atoms with Gasteiger partial charge in [0.15, 0.2) is 16.6 Å². The second kappa shape index (κ2) is 8.53. The fraction of sp³-hybridized carbons (Fsp3) is 0.850. The van der Waals surface area contributed by atoms with Crippen LogP contribution in [-0.4, -0.2) is 29.2 Å². The topological polar surface area (TPSA) is 35.5 Å². The van der Waals surface area contributed by atoms with E-state index < -0.39 is 16.6 Å². The first kappa shape index (κ1) is 22.6. The Morgan fingerprint density at radius 3 is 1.60 bits per heavy atom. The van der Waals surface area contributed by atoms with Crippen molar-refractivity contribution in [3.63, 3.8) is 0 Å². The zero-order valence-electron chi connectivity index (χ0n) is 17.9. The molecule has 0 atom stereocenters. The van der Waals surface area contributed by atoms with Crippen molar-refractivity contribution in [1.29, 1.82) is 0 Å². The highest BCUT2D eigenvalue weighted by Crippen LogP contribution is 2.53. The third-order valence-corrected chi connectivity index (χ3v) is 19.3. The third-order valence-electron chi connectivity index (χ3n) is 6.21. The Balaban J connectivity index is 3.31. The number of esters is 1. The second-order valence-electron chi connectivity index (χ2n) is 9.30. The standard InChI is InChI=1S/C20H40O3Si2/c1-14(2)11-22-20(21)19-12-24(15(3)4,16(5)6)23-25(13-19,17(7)8)18(9)10/h15-19H,1,11-13H2,2-10H3. The van der Waals surface area contributed by atoms with Crippen LogP contribution in [0.15, 0.2) is 12.2 Å². The van der Waals surface area contributed by atoms with Gasteiger partial charge in [0.1, 0.15) is 6.61 Å². The number of hydrogen-bond acceptors (Lipinski definition) is 3. The van der Waals surface area contributed by atoms with E-state index in [0.717, 1.165) is 17.7 Å². The first-order chi connectivity index (χ1) is 11.4. The molecule has 0 radical (unpaired) electrons. The molecule has 0 spiro atoms. The van der Waals surface area contributed by atoms with E-state index in [4.69, 9.17) is 8.85 Å². The third kappa shape index (κ3) is 4.66. The molecule has 0 bridgehead atoms. The lowest BCUT2D eigenvalue weighted by molar-refractivity contribution is -0.146. The lowest BCUT2D eigenvalue weighted by atomic mass is 10.2. The number of carbonyl (C=O) groups is 1. The van der Waals surface area contributed by atoms with Gasteiger partial charge in [0.2, 0.25) is 0 Å². The molecule has 1 aliphatic rings. The van der Waals surface area contributed by atoms with Crippen LogP contribution in [0.25, 0.3) is 0 Å². The summed E-state index contributed by atoms with van der Waals surface area (Å²) in [5.41, 5.74) is 2.93. The molecule has 1 heterocycles. The van der Waals surface area contributed by atoms with Crippen LogP contribution in [0, 0.1) is 5.92 Å². The van der Waals surface area contributed by atoms with Crippen molar-refractivity contribution in [3.05, 3.63) is 12.2 Å². The van der Waals surface area contributed by atoms with Gasteiger partial charge < -0.3 is 8.85 Å². The van der Waals surface area contributed by atoms with Gasteiger partial charge in [0, 0.05) is 0 Å². The minimum atomic E-state index is -2.04. The van der Waals surface area contributed by atoms with Crippen LogP contribution in [0.5, 0.6) is 0 Å². The zero-order chi connectivity index (χ0) is 19.6. The van der Waals surface area contributed by atoms with Crippen LogP contribution >= 0.6 is 0 Å². The summed E-state index contributed by atoms with van der Waals surface area (Å²) in [6.45, 7) is 24.5. The van der Waals surface area contributed by atoms with Gasteiger partial charge >= 0.3 is 5.97 Å². The van der Waals surface area contributed by atoms with Crippen molar-refractivity contribution in [3.8, 4) is 0 Å². The number of ether oxygens (including phenoxy) is 1. The second-order valence-corrected chi connectivity index (χ2v) is 19.4. The fourth-order valence-electron chi connectivity index (χ4n) is 4.51. The summed E-state index contributed by atoms with van der Waals surface area (Å²) >= 11 is 0. The molecular formula is C20H40O3Si2. The average molecular weight is 385 g/mol. The monoisotopic (exact) mass is 384 g/mol. The minimum absolute atomic E-state index is 0.000957. The van der Waals surface area contributed by atoms with Gasteiger partial charge in [-0.3, -0.25) is 4.79 Å². The highest BCUT2D eigenvalue weighted by atomic mass is 28.4. The Bertz CT molecular complexity index is 439. The largest absolute Gasteiger partial charge is 0.461 e. The summed E-state index contributed by atoms with van der Waals surface area (Å²) in [7, 11) is -4.08. The van der Waals surface area contributed by atoms with Crippen molar-refractivity contribution in [2.75, 3.05) is 6.61 Å². The van der Waals surface area contributed by atoms with Crippen LogP contribution in [0.3, 0.4) is 0 Å². The Labute approximate surface area is 157 Å². The predicted molar refractivity (Wildman–Crippen MR) is 112 cm³/mol. The normalized spacial score (nSPS) is 20.5. The first-order valence-corrected chi connectivity index (χ1v) is 14.4. The molecule has 0 saturated carbocycles. The van der Waals surface area contributed by atoms with Crippen LogP contribution in [0.1, 0.15) is 62.3 Å². The van der Waals surface area contributed by atoms with Crippen LogP contribution < -0.4 is 0 Å². The minimum Gasteiger partial charge on any atom is -0.461 e. The molecule has 0 aliphatic carbocycles. The van der Waals surface area contributed by atoms with Crippen molar-refractivity contribution in [1.82, 2.24) is 0 Å². The summed E-state index contributed by atoms with van der Waals surface area (Å²) in [5.74, 6) is -0.0244. The molecule has 1 rings (SSSR count). The highest BCUT2D eigenvalue weighted by Gasteiger charge is 2.59. The SMILES string of the molecule is C=C(C)COC(=O)C1C[Si](C(C)C)(C(C)C)O[Si](C(C)C)(C(C)C)C1. The summed E-state index contributed by atoms with van der Waals surface area (Å²) in [6.07, 6.45) is 0. The van der Waals surface area contributed by atoms with Gasteiger partial charge in [-0.15, -0.1) is 0 Å². The predicted octanol–water partition coefficient (Wildman–Crippen LogP) is 6.28. The average Bonchev–Trinajstić information content (AvgIpc) is 2.50. The van der Waals surface area contributed by atoms with E-state index in [2.05, 4.69) is 62.0 Å². The summed E-state index contributed by atoms with van der Waals surface area (Å²) in [6, 6.07) is 1.82. The molecule has 25 heavy (non-hydrogen) atoms. The Morgan fingerprint density at radius 2 is 1.32 bits per heavy atom. The Morgan fingerprint density at radius 1 is 0.960 bits per heavy atom. The van der Waals surface area contributed by atoms with Gasteiger partial charge in [0.25, 0.3) is 0 Å². The summed E-state index contributed by atoms with van der Waals surface area (Å²) in [5, 5.41) is 0.